The first-order chi connectivity index (χ1) is 18.0. The third-order valence-electron chi connectivity index (χ3n) is 6.11. The molecular weight excluding hydrogens is 474 g/mol. The molecule has 2 aromatic heterocycles. The van der Waals surface area contributed by atoms with E-state index in [2.05, 4.69) is 10.3 Å². The summed E-state index contributed by atoms with van der Waals surface area (Å²) in [6, 6.07) is 23.4. The first-order valence-electron chi connectivity index (χ1n) is 11.8. The zero-order valence-electron chi connectivity index (χ0n) is 19.7. The second-order valence-corrected chi connectivity index (χ2v) is 8.67. The summed E-state index contributed by atoms with van der Waals surface area (Å²) in [5, 5.41) is 18.7. The molecule has 0 aliphatic heterocycles. The van der Waals surface area contributed by atoms with Crippen LogP contribution in [0.2, 0.25) is 0 Å². The molecule has 2 heterocycles. The molecule has 9 nitrogen and oxygen atoms in total. The van der Waals surface area contributed by atoms with Gasteiger partial charge in [-0.1, -0.05) is 47.7 Å². The highest BCUT2D eigenvalue weighted by atomic mass is 16.5. The normalized spacial score (nSPS) is 12.0. The van der Waals surface area contributed by atoms with Crippen molar-refractivity contribution < 1.29 is 23.8 Å². The molecule has 9 heteroatoms. The molecule has 5 rings (SSSR count). The van der Waals surface area contributed by atoms with E-state index in [0.29, 0.717) is 34.2 Å². The van der Waals surface area contributed by atoms with Gasteiger partial charge in [0.1, 0.15) is 23.5 Å². The summed E-state index contributed by atoms with van der Waals surface area (Å²) in [6.07, 6.45) is -0.242. The first-order valence-corrected chi connectivity index (χ1v) is 11.8. The van der Waals surface area contributed by atoms with Crippen LogP contribution in [-0.2, 0) is 17.9 Å². The number of ketones is 1. The third-order valence-corrected chi connectivity index (χ3v) is 6.11. The van der Waals surface area contributed by atoms with Crippen LogP contribution in [0, 0.1) is 5.92 Å². The summed E-state index contributed by atoms with van der Waals surface area (Å²) in [5.74, 6) is -1.90. The number of nitrogens with zero attached hydrogens (tertiary/aromatic N) is 3. The smallest absolute Gasteiger partial charge is 0.307 e. The molecule has 0 spiro atoms. The van der Waals surface area contributed by atoms with Crippen molar-refractivity contribution in [3.8, 4) is 5.75 Å². The number of aromatic nitrogens is 3. The molecule has 1 N–H and O–H groups in total. The lowest BCUT2D eigenvalue weighted by atomic mass is 9.98. The highest BCUT2D eigenvalue weighted by Gasteiger charge is 2.24. The molecule has 37 heavy (non-hydrogen) atoms. The van der Waals surface area contributed by atoms with Crippen LogP contribution in [0.4, 0.5) is 0 Å². The first kappa shape index (κ1) is 23.9. The molecule has 1 unspecified atom stereocenters. The van der Waals surface area contributed by atoms with Crippen molar-refractivity contribution in [2.75, 3.05) is 0 Å². The molecule has 0 saturated heterocycles. The largest absolute Gasteiger partial charge is 0.489 e. The van der Waals surface area contributed by atoms with Gasteiger partial charge in [0.25, 0.3) is 5.56 Å². The number of carbonyl (C=O) groups excluding carboxylic acids is 1. The van der Waals surface area contributed by atoms with Crippen molar-refractivity contribution in [1.29, 1.82) is 0 Å². The molecule has 0 amide bonds. The van der Waals surface area contributed by atoms with Gasteiger partial charge in [-0.25, -0.2) is 4.68 Å². The Kier molecular flexibility index (Phi) is 6.76. The van der Waals surface area contributed by atoms with Crippen LogP contribution in [0.1, 0.15) is 29.0 Å². The standard InChI is InChI=1S/C28H23N3O6/c32-24(15-19(28(34)35)12-13-31-27(33)22-8-4-5-9-23(22)29-30-31)26-16-20-14-21(10-11-25(20)37-26)36-17-18-6-2-1-3-7-18/h1-11,14,16,19H,12-13,15,17H2,(H,34,35). The van der Waals surface area contributed by atoms with Gasteiger partial charge in [0.2, 0.25) is 0 Å². The number of hydrogen-bond acceptors (Lipinski definition) is 7. The van der Waals surface area contributed by atoms with Gasteiger partial charge in [0.05, 0.1) is 11.3 Å². The Morgan fingerprint density at radius 1 is 1.00 bits per heavy atom. The van der Waals surface area contributed by atoms with Crippen molar-refractivity contribution in [1.82, 2.24) is 15.0 Å². The van der Waals surface area contributed by atoms with Crippen LogP contribution in [0.15, 0.2) is 88.1 Å². The SMILES string of the molecule is O=C(CC(CCn1nnc2ccccc2c1=O)C(=O)O)c1cc2cc(OCc3ccccc3)ccc2o1. The van der Waals surface area contributed by atoms with Crippen LogP contribution in [0.5, 0.6) is 5.75 Å². The van der Waals surface area contributed by atoms with Crippen LogP contribution in [-0.4, -0.2) is 31.9 Å². The predicted octanol–water partition coefficient (Wildman–Crippen LogP) is 4.48. The van der Waals surface area contributed by atoms with Gasteiger partial charge < -0.3 is 14.3 Å². The Morgan fingerprint density at radius 3 is 2.59 bits per heavy atom. The van der Waals surface area contributed by atoms with Gasteiger partial charge in [-0.05, 0) is 48.4 Å². The molecule has 0 fully saturated rings. The molecule has 0 bridgehead atoms. The van der Waals surface area contributed by atoms with Crippen LogP contribution in [0.3, 0.4) is 0 Å². The molecular formula is C28H23N3O6. The number of carbonyl (C=O) groups is 2. The summed E-state index contributed by atoms with van der Waals surface area (Å²) in [6.45, 7) is 0.421. The highest BCUT2D eigenvalue weighted by molar-refractivity contribution is 5.99. The Hall–Kier alpha value is -4.79. The molecule has 0 saturated carbocycles. The van der Waals surface area contributed by atoms with Gasteiger partial charge >= 0.3 is 5.97 Å². The van der Waals surface area contributed by atoms with Gasteiger partial charge in [-0.2, -0.15) is 0 Å². The molecule has 186 valence electrons. The van der Waals surface area contributed by atoms with E-state index in [0.717, 1.165) is 10.2 Å². The number of aliphatic carboxylic acids is 1. The van der Waals surface area contributed by atoms with E-state index in [4.69, 9.17) is 9.15 Å². The molecule has 0 radical (unpaired) electrons. The Morgan fingerprint density at radius 2 is 1.78 bits per heavy atom. The fourth-order valence-corrected chi connectivity index (χ4v) is 4.07. The average Bonchev–Trinajstić information content (AvgIpc) is 3.35. The lowest BCUT2D eigenvalue weighted by Gasteiger charge is -2.11. The quantitative estimate of drug-likeness (QED) is 0.280. The number of benzene rings is 3. The van der Waals surface area contributed by atoms with Gasteiger partial charge in [0, 0.05) is 18.4 Å². The van der Waals surface area contributed by atoms with Crippen molar-refractivity contribution in [2.45, 2.75) is 26.0 Å². The van der Waals surface area contributed by atoms with Crippen LogP contribution in [0.25, 0.3) is 21.9 Å². The maximum Gasteiger partial charge on any atom is 0.307 e. The van der Waals surface area contributed by atoms with Gasteiger partial charge in [-0.3, -0.25) is 14.4 Å². The fraction of sp³-hybridized carbons (Fsp3) is 0.179. The van der Waals surface area contributed by atoms with E-state index in [1.165, 1.54) is 0 Å². The maximum atomic E-state index is 12.9. The van der Waals surface area contributed by atoms with E-state index < -0.39 is 17.7 Å². The topological polar surface area (TPSA) is 125 Å². The second-order valence-electron chi connectivity index (χ2n) is 8.67. The van der Waals surface area contributed by atoms with Gasteiger partial charge in [-0.15, -0.1) is 5.10 Å². The number of ether oxygens (including phenoxy) is 1. The molecule has 0 aliphatic rings. The van der Waals surface area contributed by atoms with E-state index in [-0.39, 0.29) is 30.7 Å². The number of fused-ring (bicyclic) bond motifs is 2. The lowest BCUT2D eigenvalue weighted by Crippen LogP contribution is -2.27. The van der Waals surface area contributed by atoms with Crippen molar-refractivity contribution in [2.24, 2.45) is 5.92 Å². The number of carboxylic acid groups (broad SMARTS) is 1. The van der Waals surface area contributed by atoms with E-state index in [1.807, 2.05) is 30.3 Å². The van der Waals surface area contributed by atoms with Crippen LogP contribution < -0.4 is 10.3 Å². The minimum absolute atomic E-state index is 0.0170. The zero-order chi connectivity index (χ0) is 25.8. The summed E-state index contributed by atoms with van der Waals surface area (Å²) in [4.78, 5) is 37.4. The monoisotopic (exact) mass is 497 g/mol. The lowest BCUT2D eigenvalue weighted by molar-refractivity contribution is -0.142. The third kappa shape index (κ3) is 5.40. The van der Waals surface area contributed by atoms with Crippen molar-refractivity contribution in [3.05, 3.63) is 101 Å². The number of carboxylic acids is 1. The summed E-state index contributed by atoms with van der Waals surface area (Å²) < 4.78 is 12.6. The molecule has 1 atom stereocenters. The van der Waals surface area contributed by atoms with Gasteiger partial charge in [0.15, 0.2) is 11.5 Å². The summed E-state index contributed by atoms with van der Waals surface area (Å²) >= 11 is 0. The molecule has 5 aromatic rings. The van der Waals surface area contributed by atoms with Crippen LogP contribution >= 0.6 is 0 Å². The maximum absolute atomic E-state index is 12.9. The average molecular weight is 498 g/mol. The Labute approximate surface area is 210 Å². The fourth-order valence-electron chi connectivity index (χ4n) is 4.07. The Balaban J connectivity index is 1.26. The number of hydrogen-bond donors (Lipinski definition) is 1. The van der Waals surface area contributed by atoms with E-state index >= 15 is 0 Å². The minimum atomic E-state index is -1.14. The van der Waals surface area contributed by atoms with Crippen molar-refractivity contribution >= 4 is 33.6 Å². The summed E-state index contributed by atoms with van der Waals surface area (Å²) in [5.41, 5.74) is 1.64. The second kappa shape index (κ2) is 10.4. The minimum Gasteiger partial charge on any atom is -0.489 e. The predicted molar refractivity (Wildman–Crippen MR) is 135 cm³/mol. The number of rotatable bonds is 10. The Bertz CT molecular complexity index is 1640. The zero-order valence-corrected chi connectivity index (χ0v) is 19.7. The summed E-state index contributed by atoms with van der Waals surface area (Å²) in [7, 11) is 0. The molecule has 3 aromatic carbocycles. The van der Waals surface area contributed by atoms with E-state index in [9.17, 15) is 19.5 Å². The number of aryl methyl sites for hydroxylation is 1. The number of Topliss-reactive ketones (excluding diaryl/α,β-unsaturated/α-hetero) is 1. The number of furan rings is 1. The highest BCUT2D eigenvalue weighted by Crippen LogP contribution is 2.26. The van der Waals surface area contributed by atoms with Crippen molar-refractivity contribution in [3.63, 3.8) is 0 Å². The molecule has 0 aliphatic carbocycles. The van der Waals surface area contributed by atoms with E-state index in [1.54, 1.807) is 48.5 Å².